The fourth-order valence-corrected chi connectivity index (χ4v) is 2.93. The second kappa shape index (κ2) is 6.27. The lowest BCUT2D eigenvalue weighted by atomic mass is 10.3. The summed E-state index contributed by atoms with van der Waals surface area (Å²) in [6, 6.07) is 11.1. The van der Waals surface area contributed by atoms with Gasteiger partial charge in [0.15, 0.2) is 6.61 Å². The number of halogens is 1. The smallest absolute Gasteiger partial charge is 0.210 e. The van der Waals surface area contributed by atoms with Crippen LogP contribution in [0, 0.1) is 0 Å². The molecule has 0 radical (unpaired) electrons. The summed E-state index contributed by atoms with van der Waals surface area (Å²) < 4.78 is 6.16. The van der Waals surface area contributed by atoms with Crippen LogP contribution in [0.2, 0.25) is 4.34 Å². The quantitative estimate of drug-likeness (QED) is 0.605. The van der Waals surface area contributed by atoms with Gasteiger partial charge in [0.25, 0.3) is 0 Å². The first-order valence-corrected chi connectivity index (χ1v) is 7.67. The fourth-order valence-electron chi connectivity index (χ4n) is 1.42. The zero-order valence-corrected chi connectivity index (χ0v) is 12.1. The van der Waals surface area contributed by atoms with Crippen LogP contribution in [-0.4, -0.2) is 18.6 Å². The number of thioether (sulfide) groups is 1. The van der Waals surface area contributed by atoms with E-state index >= 15 is 0 Å². The fraction of sp³-hybridized carbons (Fsp3) is 0.154. The van der Waals surface area contributed by atoms with E-state index in [4.69, 9.17) is 16.3 Å². The van der Waals surface area contributed by atoms with E-state index in [1.807, 2.05) is 30.5 Å². The molecule has 2 rings (SSSR count). The Morgan fingerprint density at radius 3 is 2.78 bits per heavy atom. The second-order valence-electron chi connectivity index (χ2n) is 3.47. The molecule has 0 spiro atoms. The lowest BCUT2D eigenvalue weighted by Crippen LogP contribution is -2.10. The van der Waals surface area contributed by atoms with E-state index in [-0.39, 0.29) is 12.4 Å². The summed E-state index contributed by atoms with van der Waals surface area (Å²) in [5, 5.41) is 0. The number of hydrogen-bond donors (Lipinski definition) is 0. The van der Waals surface area contributed by atoms with Gasteiger partial charge in [-0.25, -0.2) is 0 Å². The first-order chi connectivity index (χ1) is 8.70. The van der Waals surface area contributed by atoms with Crippen LogP contribution in [0.15, 0.2) is 41.3 Å². The zero-order chi connectivity index (χ0) is 13.0. The van der Waals surface area contributed by atoms with Crippen molar-refractivity contribution in [2.24, 2.45) is 0 Å². The molecule has 0 unspecified atom stereocenters. The van der Waals surface area contributed by atoms with Crippen LogP contribution in [0.1, 0.15) is 9.67 Å². The molecule has 0 saturated heterocycles. The number of ketones is 1. The monoisotopic (exact) mass is 298 g/mol. The van der Waals surface area contributed by atoms with Gasteiger partial charge in [-0.1, -0.05) is 23.7 Å². The molecule has 0 saturated carbocycles. The van der Waals surface area contributed by atoms with E-state index in [0.29, 0.717) is 9.21 Å². The largest absolute Gasteiger partial charge is 0.484 e. The maximum atomic E-state index is 11.9. The van der Waals surface area contributed by atoms with Crippen molar-refractivity contribution in [3.05, 3.63) is 45.6 Å². The third kappa shape index (κ3) is 3.28. The van der Waals surface area contributed by atoms with Gasteiger partial charge in [-0.3, -0.25) is 4.79 Å². The molecule has 0 amide bonds. The van der Waals surface area contributed by atoms with Crippen molar-refractivity contribution in [1.29, 1.82) is 0 Å². The number of rotatable bonds is 5. The molecule has 0 aliphatic rings. The number of thiophene rings is 1. The molecular formula is C13H11ClO2S2. The first kappa shape index (κ1) is 13.5. The zero-order valence-electron chi connectivity index (χ0n) is 9.68. The van der Waals surface area contributed by atoms with Crippen molar-refractivity contribution in [2.75, 3.05) is 12.9 Å². The van der Waals surface area contributed by atoms with Gasteiger partial charge in [-0.2, -0.15) is 0 Å². The highest BCUT2D eigenvalue weighted by molar-refractivity contribution is 7.98. The van der Waals surface area contributed by atoms with Gasteiger partial charge in [0.05, 0.1) is 9.21 Å². The van der Waals surface area contributed by atoms with Crippen LogP contribution in [0.3, 0.4) is 0 Å². The highest BCUT2D eigenvalue weighted by Gasteiger charge is 2.10. The standard InChI is InChI=1S/C13H11ClO2S2/c1-17-12-5-3-2-4-10(12)16-8-9(15)11-6-7-13(14)18-11/h2-7H,8H2,1H3. The van der Waals surface area contributed by atoms with Gasteiger partial charge in [-0.15, -0.1) is 23.1 Å². The Kier molecular flexibility index (Phi) is 4.69. The molecule has 0 N–H and O–H groups in total. The molecule has 5 heteroatoms. The molecule has 0 atom stereocenters. The van der Waals surface area contributed by atoms with Crippen LogP contribution < -0.4 is 4.74 Å². The lowest BCUT2D eigenvalue weighted by molar-refractivity contribution is 0.0923. The van der Waals surface area contributed by atoms with Gasteiger partial charge in [-0.05, 0) is 30.5 Å². The number of hydrogen-bond acceptors (Lipinski definition) is 4. The number of carbonyl (C=O) groups excluding carboxylic acids is 1. The highest BCUT2D eigenvalue weighted by atomic mass is 35.5. The molecular weight excluding hydrogens is 288 g/mol. The van der Waals surface area contributed by atoms with Crippen molar-refractivity contribution in [3.8, 4) is 5.75 Å². The van der Waals surface area contributed by atoms with Crippen LogP contribution in [-0.2, 0) is 0 Å². The SMILES string of the molecule is CSc1ccccc1OCC(=O)c1ccc(Cl)s1. The van der Waals surface area contributed by atoms with Gasteiger partial charge < -0.3 is 4.74 Å². The van der Waals surface area contributed by atoms with Crippen molar-refractivity contribution < 1.29 is 9.53 Å². The van der Waals surface area contributed by atoms with E-state index in [0.717, 1.165) is 10.6 Å². The number of carbonyl (C=O) groups is 1. The normalized spacial score (nSPS) is 10.3. The Balaban J connectivity index is 2.01. The summed E-state index contributed by atoms with van der Waals surface area (Å²) in [6.45, 7) is 0.0361. The summed E-state index contributed by atoms with van der Waals surface area (Å²) in [6.07, 6.45) is 1.98. The molecule has 0 aliphatic heterocycles. The minimum absolute atomic E-state index is 0.0361. The number of benzene rings is 1. The van der Waals surface area contributed by atoms with Gasteiger partial charge in [0.2, 0.25) is 5.78 Å². The van der Waals surface area contributed by atoms with Gasteiger partial charge >= 0.3 is 0 Å². The van der Waals surface area contributed by atoms with Gasteiger partial charge in [0, 0.05) is 4.90 Å². The number of ether oxygens (including phenoxy) is 1. The average Bonchev–Trinajstić information content (AvgIpc) is 2.83. The summed E-state index contributed by atoms with van der Waals surface area (Å²) in [4.78, 5) is 13.5. The molecule has 1 heterocycles. The van der Waals surface area contributed by atoms with Crippen molar-refractivity contribution in [3.63, 3.8) is 0 Å². The minimum atomic E-state index is -0.0530. The summed E-state index contributed by atoms with van der Waals surface area (Å²) in [7, 11) is 0. The van der Waals surface area contributed by atoms with E-state index in [2.05, 4.69) is 0 Å². The Morgan fingerprint density at radius 2 is 2.11 bits per heavy atom. The van der Waals surface area contributed by atoms with Crippen molar-refractivity contribution in [1.82, 2.24) is 0 Å². The molecule has 1 aromatic heterocycles. The summed E-state index contributed by atoms with van der Waals surface area (Å²) in [5.74, 6) is 0.684. The molecule has 0 aliphatic carbocycles. The summed E-state index contributed by atoms with van der Waals surface area (Å²) in [5.41, 5.74) is 0. The molecule has 94 valence electrons. The van der Waals surface area contributed by atoms with Crippen molar-refractivity contribution in [2.45, 2.75) is 4.90 Å². The third-order valence-electron chi connectivity index (χ3n) is 2.28. The van der Waals surface area contributed by atoms with Crippen LogP contribution >= 0.6 is 34.7 Å². The number of para-hydroxylation sites is 1. The number of Topliss-reactive ketones (excluding diaryl/α,β-unsaturated/α-hetero) is 1. The van der Waals surface area contributed by atoms with E-state index in [9.17, 15) is 4.79 Å². The van der Waals surface area contributed by atoms with Crippen LogP contribution in [0.5, 0.6) is 5.75 Å². The highest BCUT2D eigenvalue weighted by Crippen LogP contribution is 2.27. The van der Waals surface area contributed by atoms with E-state index in [1.165, 1.54) is 11.3 Å². The Labute approximate surface area is 119 Å². The summed E-state index contributed by atoms with van der Waals surface area (Å²) >= 11 is 8.66. The Morgan fingerprint density at radius 1 is 1.33 bits per heavy atom. The Hall–Kier alpha value is -0.970. The maximum absolute atomic E-state index is 11.9. The molecule has 2 nitrogen and oxygen atoms in total. The van der Waals surface area contributed by atoms with Gasteiger partial charge in [0.1, 0.15) is 5.75 Å². The predicted molar refractivity (Wildman–Crippen MR) is 77.4 cm³/mol. The van der Waals surface area contributed by atoms with E-state index < -0.39 is 0 Å². The molecule has 18 heavy (non-hydrogen) atoms. The average molecular weight is 299 g/mol. The molecule has 1 aromatic carbocycles. The van der Waals surface area contributed by atoms with E-state index in [1.54, 1.807) is 23.9 Å². The van der Waals surface area contributed by atoms with Crippen LogP contribution in [0.4, 0.5) is 0 Å². The maximum Gasteiger partial charge on any atom is 0.210 e. The molecule has 2 aromatic rings. The lowest BCUT2D eigenvalue weighted by Gasteiger charge is -2.08. The third-order valence-corrected chi connectivity index (χ3v) is 4.33. The molecule has 0 bridgehead atoms. The molecule has 0 fully saturated rings. The Bertz CT molecular complexity index is 551. The van der Waals surface area contributed by atoms with Crippen LogP contribution in [0.25, 0.3) is 0 Å². The topological polar surface area (TPSA) is 26.3 Å². The minimum Gasteiger partial charge on any atom is -0.484 e. The second-order valence-corrected chi connectivity index (χ2v) is 6.03. The predicted octanol–water partition coefficient (Wildman–Crippen LogP) is 4.39. The van der Waals surface area contributed by atoms with Crippen molar-refractivity contribution >= 4 is 40.5 Å². The first-order valence-electron chi connectivity index (χ1n) is 5.25.